The van der Waals surface area contributed by atoms with E-state index >= 15 is 0 Å². The third-order valence-electron chi connectivity index (χ3n) is 2.24. The predicted molar refractivity (Wildman–Crippen MR) is 61.5 cm³/mol. The van der Waals surface area contributed by atoms with Crippen molar-refractivity contribution in [2.24, 2.45) is 0 Å². The lowest BCUT2D eigenvalue weighted by atomic mass is 10.3. The average molecular weight is 256 g/mol. The number of hydrogen-bond acceptors (Lipinski definition) is 5. The quantitative estimate of drug-likeness (QED) is 0.713. The number of nitrogens with zero attached hydrogens (tertiary/aromatic N) is 2. The van der Waals surface area contributed by atoms with Crippen LogP contribution in [0.5, 0.6) is 0 Å². The number of nitrogen functional groups attached to an aromatic ring is 1. The van der Waals surface area contributed by atoms with Crippen LogP contribution in [-0.2, 0) is 21.2 Å². The fourth-order valence-corrected chi connectivity index (χ4v) is 2.77. The van der Waals surface area contributed by atoms with Gasteiger partial charge in [-0.05, 0) is 6.08 Å². The second-order valence-corrected chi connectivity index (χ2v) is 5.73. The summed E-state index contributed by atoms with van der Waals surface area (Å²) in [4.78, 5) is 11.5. The maximum atomic E-state index is 11.5. The highest BCUT2D eigenvalue weighted by molar-refractivity contribution is 7.94. The number of aromatic nitrogens is 2. The molecule has 2 heterocycles. The first-order valence-electron chi connectivity index (χ1n) is 4.93. The summed E-state index contributed by atoms with van der Waals surface area (Å²) in [6.07, 6.45) is 4.43. The SMILES string of the molecule is Nc1cnn(CC(=O)NC2C=CS(=O)(=O)C2)c1. The van der Waals surface area contributed by atoms with Crippen molar-refractivity contribution in [1.29, 1.82) is 0 Å². The van der Waals surface area contributed by atoms with Crippen LogP contribution in [0, 0.1) is 0 Å². The summed E-state index contributed by atoms with van der Waals surface area (Å²) in [6.45, 7) is 0.0155. The molecule has 1 atom stereocenters. The van der Waals surface area contributed by atoms with E-state index in [0.29, 0.717) is 5.69 Å². The van der Waals surface area contributed by atoms with E-state index in [4.69, 9.17) is 5.73 Å². The van der Waals surface area contributed by atoms with Crippen molar-refractivity contribution in [1.82, 2.24) is 15.1 Å². The van der Waals surface area contributed by atoms with Crippen LogP contribution in [0.3, 0.4) is 0 Å². The average Bonchev–Trinajstić information content (AvgIpc) is 2.73. The number of carbonyl (C=O) groups excluding carboxylic acids is 1. The second-order valence-electron chi connectivity index (χ2n) is 3.80. The van der Waals surface area contributed by atoms with Crippen molar-refractivity contribution in [3.8, 4) is 0 Å². The Bertz CT molecular complexity index is 561. The molecule has 1 amide bonds. The Morgan fingerprint density at radius 1 is 1.65 bits per heavy atom. The fraction of sp³-hybridized carbons (Fsp3) is 0.333. The van der Waals surface area contributed by atoms with Crippen LogP contribution < -0.4 is 11.1 Å². The number of nitrogens with one attached hydrogen (secondary N) is 1. The normalized spacial score (nSPS) is 21.5. The highest BCUT2D eigenvalue weighted by Gasteiger charge is 2.22. The van der Waals surface area contributed by atoms with Crippen LogP contribution in [0.25, 0.3) is 0 Å². The molecule has 1 aliphatic heterocycles. The minimum Gasteiger partial charge on any atom is -0.396 e. The van der Waals surface area contributed by atoms with Crippen molar-refractivity contribution in [2.75, 3.05) is 11.5 Å². The molecule has 0 spiro atoms. The molecule has 92 valence electrons. The van der Waals surface area contributed by atoms with Gasteiger partial charge in [0.05, 0.1) is 23.7 Å². The third kappa shape index (κ3) is 3.06. The zero-order valence-corrected chi connectivity index (χ0v) is 9.72. The van der Waals surface area contributed by atoms with E-state index in [-0.39, 0.29) is 18.2 Å². The van der Waals surface area contributed by atoms with E-state index in [2.05, 4.69) is 10.4 Å². The number of nitrogens with two attached hydrogens (primary N) is 1. The van der Waals surface area contributed by atoms with Crippen LogP contribution in [0.1, 0.15) is 0 Å². The summed E-state index contributed by atoms with van der Waals surface area (Å²) in [6, 6.07) is -0.458. The highest BCUT2D eigenvalue weighted by Crippen LogP contribution is 2.07. The van der Waals surface area contributed by atoms with Gasteiger partial charge in [0.15, 0.2) is 9.84 Å². The number of rotatable bonds is 3. The fourth-order valence-electron chi connectivity index (χ4n) is 1.53. The molecule has 8 heteroatoms. The lowest BCUT2D eigenvalue weighted by Crippen LogP contribution is -2.37. The molecule has 1 aromatic rings. The van der Waals surface area contributed by atoms with Crippen LogP contribution in [0.4, 0.5) is 5.69 Å². The lowest BCUT2D eigenvalue weighted by molar-refractivity contribution is -0.122. The number of anilines is 1. The summed E-state index contributed by atoms with van der Waals surface area (Å²) in [7, 11) is -3.15. The molecule has 1 aromatic heterocycles. The van der Waals surface area contributed by atoms with Crippen molar-refractivity contribution in [3.63, 3.8) is 0 Å². The van der Waals surface area contributed by atoms with Crippen molar-refractivity contribution >= 4 is 21.4 Å². The molecule has 0 saturated heterocycles. The highest BCUT2D eigenvalue weighted by atomic mass is 32.2. The number of hydrogen-bond donors (Lipinski definition) is 2. The molecule has 0 bridgehead atoms. The molecule has 1 unspecified atom stereocenters. The van der Waals surface area contributed by atoms with Gasteiger partial charge in [0.25, 0.3) is 0 Å². The molecule has 0 aromatic carbocycles. The van der Waals surface area contributed by atoms with Gasteiger partial charge in [0.1, 0.15) is 6.54 Å². The van der Waals surface area contributed by atoms with Gasteiger partial charge in [-0.2, -0.15) is 5.10 Å². The summed E-state index contributed by atoms with van der Waals surface area (Å²) in [5, 5.41) is 7.55. The number of sulfone groups is 1. The standard InChI is InChI=1S/C9H12N4O3S/c10-7-3-11-13(4-7)5-9(14)12-8-1-2-17(15,16)6-8/h1-4,8H,5-6,10H2,(H,12,14). The van der Waals surface area contributed by atoms with Gasteiger partial charge in [-0.3, -0.25) is 9.48 Å². The third-order valence-corrected chi connectivity index (χ3v) is 3.63. The topological polar surface area (TPSA) is 107 Å². The van der Waals surface area contributed by atoms with Gasteiger partial charge in [0.2, 0.25) is 5.91 Å². The van der Waals surface area contributed by atoms with Crippen LogP contribution in [0.2, 0.25) is 0 Å². The Morgan fingerprint density at radius 3 is 2.94 bits per heavy atom. The maximum Gasteiger partial charge on any atom is 0.242 e. The Hall–Kier alpha value is -1.83. The summed E-state index contributed by atoms with van der Waals surface area (Å²) >= 11 is 0. The molecule has 17 heavy (non-hydrogen) atoms. The first-order valence-corrected chi connectivity index (χ1v) is 6.64. The van der Waals surface area contributed by atoms with Crippen LogP contribution >= 0.6 is 0 Å². The molecule has 1 aliphatic rings. The van der Waals surface area contributed by atoms with Crippen molar-refractivity contribution in [3.05, 3.63) is 23.9 Å². The molecular weight excluding hydrogens is 244 g/mol. The zero-order chi connectivity index (χ0) is 12.5. The smallest absolute Gasteiger partial charge is 0.242 e. The number of amides is 1. The first kappa shape index (κ1) is 11.6. The molecule has 7 nitrogen and oxygen atoms in total. The van der Waals surface area contributed by atoms with E-state index < -0.39 is 15.9 Å². The molecule has 0 fully saturated rings. The molecular formula is C9H12N4O3S. The summed E-state index contributed by atoms with van der Waals surface area (Å²) < 4.78 is 23.6. The van der Waals surface area contributed by atoms with Gasteiger partial charge >= 0.3 is 0 Å². The Labute approximate surface area is 98.2 Å². The molecule has 0 saturated carbocycles. The zero-order valence-electron chi connectivity index (χ0n) is 8.91. The minimum absolute atomic E-state index is 0.0155. The molecule has 0 aliphatic carbocycles. The summed E-state index contributed by atoms with van der Waals surface area (Å²) in [5.41, 5.74) is 5.92. The molecule has 0 radical (unpaired) electrons. The maximum absolute atomic E-state index is 11.5. The van der Waals surface area contributed by atoms with E-state index in [0.717, 1.165) is 5.41 Å². The van der Waals surface area contributed by atoms with Crippen molar-refractivity contribution in [2.45, 2.75) is 12.6 Å². The number of carbonyl (C=O) groups is 1. The van der Waals surface area contributed by atoms with Gasteiger partial charge in [-0.15, -0.1) is 0 Å². The monoisotopic (exact) mass is 256 g/mol. The predicted octanol–water partition coefficient (Wildman–Crippen LogP) is -1.11. The van der Waals surface area contributed by atoms with Gasteiger partial charge in [0, 0.05) is 11.6 Å². The van der Waals surface area contributed by atoms with E-state index in [9.17, 15) is 13.2 Å². The van der Waals surface area contributed by atoms with Crippen LogP contribution in [0.15, 0.2) is 23.9 Å². The Kier molecular flexibility index (Phi) is 2.88. The first-order chi connectivity index (χ1) is 7.94. The second kappa shape index (κ2) is 4.21. The van der Waals surface area contributed by atoms with Gasteiger partial charge in [-0.25, -0.2) is 8.42 Å². The Morgan fingerprint density at radius 2 is 2.41 bits per heavy atom. The van der Waals surface area contributed by atoms with Crippen molar-refractivity contribution < 1.29 is 13.2 Å². The Balaban J connectivity index is 1.89. The van der Waals surface area contributed by atoms with Gasteiger partial charge in [-0.1, -0.05) is 0 Å². The molecule has 2 rings (SSSR count). The van der Waals surface area contributed by atoms with Gasteiger partial charge < -0.3 is 11.1 Å². The summed E-state index contributed by atoms with van der Waals surface area (Å²) in [5.74, 6) is -0.389. The lowest BCUT2D eigenvalue weighted by Gasteiger charge is -2.09. The largest absolute Gasteiger partial charge is 0.396 e. The molecule has 3 N–H and O–H groups in total. The van der Waals surface area contributed by atoms with E-state index in [1.54, 1.807) is 0 Å². The van der Waals surface area contributed by atoms with E-state index in [1.807, 2.05) is 0 Å². The van der Waals surface area contributed by atoms with E-state index in [1.165, 1.54) is 23.2 Å². The van der Waals surface area contributed by atoms with Crippen LogP contribution in [-0.4, -0.2) is 35.9 Å². The minimum atomic E-state index is -3.15.